The van der Waals surface area contributed by atoms with Crippen LogP contribution in [0.5, 0.6) is 5.75 Å². The summed E-state index contributed by atoms with van der Waals surface area (Å²) in [4.78, 5) is 0. The van der Waals surface area contributed by atoms with Gasteiger partial charge in [-0.3, -0.25) is 0 Å². The Kier molecular flexibility index (Phi) is 5.58. The molecular formula is C9H10BrClF3NO. The molecule has 0 spiro atoms. The van der Waals surface area contributed by atoms with Crippen LogP contribution in [-0.4, -0.2) is 7.11 Å². The summed E-state index contributed by atoms with van der Waals surface area (Å²) in [6, 6.07) is 2.48. The van der Waals surface area contributed by atoms with Gasteiger partial charge in [0.1, 0.15) is 5.75 Å². The molecule has 0 atom stereocenters. The van der Waals surface area contributed by atoms with Crippen molar-refractivity contribution in [3.63, 3.8) is 0 Å². The Labute approximate surface area is 105 Å². The normalized spacial score (nSPS) is 10.9. The Morgan fingerprint density at radius 3 is 2.31 bits per heavy atom. The average Bonchev–Trinajstić information content (AvgIpc) is 2.15. The number of hydrogen-bond acceptors (Lipinski definition) is 2. The minimum atomic E-state index is -4.45. The van der Waals surface area contributed by atoms with E-state index in [0.717, 1.165) is 6.07 Å². The van der Waals surface area contributed by atoms with Gasteiger partial charge < -0.3 is 10.5 Å². The first-order valence-corrected chi connectivity index (χ1v) is 4.83. The Bertz CT molecular complexity index is 371. The molecule has 0 saturated carbocycles. The van der Waals surface area contributed by atoms with E-state index in [1.54, 1.807) is 0 Å². The van der Waals surface area contributed by atoms with E-state index in [9.17, 15) is 13.2 Å². The van der Waals surface area contributed by atoms with Crippen molar-refractivity contribution in [3.05, 3.63) is 27.7 Å². The summed E-state index contributed by atoms with van der Waals surface area (Å²) in [6.07, 6.45) is -4.45. The molecule has 0 unspecified atom stereocenters. The summed E-state index contributed by atoms with van der Waals surface area (Å²) in [6.45, 7) is -0.00824. The number of hydrogen-bond donors (Lipinski definition) is 1. The lowest BCUT2D eigenvalue weighted by atomic mass is 10.1. The number of nitrogens with two attached hydrogens (primary N) is 1. The highest BCUT2D eigenvalue weighted by Gasteiger charge is 2.35. The van der Waals surface area contributed by atoms with Gasteiger partial charge in [0.25, 0.3) is 0 Å². The minimum Gasteiger partial charge on any atom is -0.496 e. The van der Waals surface area contributed by atoms with Gasteiger partial charge in [-0.2, -0.15) is 13.2 Å². The highest BCUT2D eigenvalue weighted by molar-refractivity contribution is 9.10. The summed E-state index contributed by atoms with van der Waals surface area (Å²) in [5.41, 5.74) is 4.84. The maximum Gasteiger partial charge on any atom is 0.420 e. The molecule has 0 aromatic heterocycles. The molecule has 0 amide bonds. The predicted octanol–water partition coefficient (Wildman–Crippen LogP) is 3.36. The first kappa shape index (κ1) is 15.5. The van der Waals surface area contributed by atoms with Crippen LogP contribution in [-0.2, 0) is 12.7 Å². The fraction of sp³-hybridized carbons (Fsp3) is 0.333. The summed E-state index contributed by atoms with van der Waals surface area (Å²) < 4.78 is 42.8. The third kappa shape index (κ3) is 3.26. The molecule has 0 aliphatic rings. The van der Waals surface area contributed by atoms with Crippen LogP contribution in [0.4, 0.5) is 13.2 Å². The van der Waals surface area contributed by atoms with E-state index < -0.39 is 11.7 Å². The van der Waals surface area contributed by atoms with E-state index in [4.69, 9.17) is 10.5 Å². The monoisotopic (exact) mass is 319 g/mol. The van der Waals surface area contributed by atoms with E-state index in [1.165, 1.54) is 13.2 Å². The second-order valence-electron chi connectivity index (χ2n) is 2.85. The van der Waals surface area contributed by atoms with Gasteiger partial charge >= 0.3 is 6.18 Å². The minimum absolute atomic E-state index is 0. The molecule has 0 radical (unpaired) electrons. The van der Waals surface area contributed by atoms with Gasteiger partial charge in [-0.1, -0.05) is 15.9 Å². The molecule has 0 fully saturated rings. The van der Waals surface area contributed by atoms with Crippen LogP contribution in [0.15, 0.2) is 16.6 Å². The van der Waals surface area contributed by atoms with Crippen molar-refractivity contribution in [1.29, 1.82) is 0 Å². The molecule has 92 valence electrons. The van der Waals surface area contributed by atoms with E-state index in [0.29, 0.717) is 10.0 Å². The van der Waals surface area contributed by atoms with Gasteiger partial charge in [0.05, 0.1) is 12.7 Å². The highest BCUT2D eigenvalue weighted by atomic mass is 79.9. The number of ether oxygens (including phenoxy) is 1. The zero-order chi connectivity index (χ0) is 11.6. The molecule has 0 aliphatic carbocycles. The Hall–Kier alpha value is -0.460. The van der Waals surface area contributed by atoms with Gasteiger partial charge in [0.2, 0.25) is 0 Å². The molecule has 0 bridgehead atoms. The second kappa shape index (κ2) is 5.75. The van der Waals surface area contributed by atoms with Crippen LogP contribution in [0.2, 0.25) is 0 Å². The van der Waals surface area contributed by atoms with Crippen molar-refractivity contribution in [2.24, 2.45) is 5.73 Å². The largest absolute Gasteiger partial charge is 0.496 e. The molecule has 1 rings (SSSR count). The molecule has 1 aromatic rings. The molecule has 0 heterocycles. The van der Waals surface area contributed by atoms with Gasteiger partial charge in [0.15, 0.2) is 0 Å². The molecule has 0 aliphatic heterocycles. The first-order valence-electron chi connectivity index (χ1n) is 4.03. The lowest BCUT2D eigenvalue weighted by molar-refractivity contribution is -0.138. The third-order valence-corrected chi connectivity index (χ3v) is 2.32. The molecule has 16 heavy (non-hydrogen) atoms. The summed E-state index contributed by atoms with van der Waals surface area (Å²) >= 11 is 3.00. The van der Waals surface area contributed by atoms with Crippen LogP contribution in [0.3, 0.4) is 0 Å². The fourth-order valence-corrected chi connectivity index (χ4v) is 1.76. The van der Waals surface area contributed by atoms with Crippen LogP contribution < -0.4 is 10.5 Å². The van der Waals surface area contributed by atoms with Crippen molar-refractivity contribution in [2.45, 2.75) is 12.7 Å². The van der Waals surface area contributed by atoms with Crippen molar-refractivity contribution < 1.29 is 17.9 Å². The lowest BCUT2D eigenvalue weighted by Crippen LogP contribution is -2.11. The van der Waals surface area contributed by atoms with Crippen molar-refractivity contribution >= 4 is 28.3 Å². The summed E-state index contributed by atoms with van der Waals surface area (Å²) in [5, 5.41) is 0. The summed E-state index contributed by atoms with van der Waals surface area (Å²) in [5.74, 6) is -0.215. The zero-order valence-corrected chi connectivity index (χ0v) is 10.7. The van der Waals surface area contributed by atoms with Crippen molar-refractivity contribution in [2.75, 3.05) is 7.11 Å². The van der Waals surface area contributed by atoms with E-state index in [-0.39, 0.29) is 24.7 Å². The molecule has 2 nitrogen and oxygen atoms in total. The maximum atomic E-state index is 12.6. The van der Waals surface area contributed by atoms with E-state index >= 15 is 0 Å². The predicted molar refractivity (Wildman–Crippen MR) is 60.8 cm³/mol. The third-order valence-electron chi connectivity index (χ3n) is 1.86. The van der Waals surface area contributed by atoms with Gasteiger partial charge in [-0.15, -0.1) is 12.4 Å². The number of benzene rings is 1. The molecule has 0 saturated heterocycles. The smallest absolute Gasteiger partial charge is 0.420 e. The van der Waals surface area contributed by atoms with Crippen LogP contribution in [0.1, 0.15) is 11.1 Å². The number of alkyl halides is 3. The SMILES string of the molecule is COc1c(CN)cc(Br)cc1C(F)(F)F.Cl. The lowest BCUT2D eigenvalue weighted by Gasteiger charge is -2.15. The van der Waals surface area contributed by atoms with Gasteiger partial charge in [-0.05, 0) is 12.1 Å². The van der Waals surface area contributed by atoms with Gasteiger partial charge in [-0.25, -0.2) is 0 Å². The number of halogens is 5. The topological polar surface area (TPSA) is 35.2 Å². The van der Waals surface area contributed by atoms with Crippen LogP contribution >= 0.6 is 28.3 Å². The molecular weight excluding hydrogens is 310 g/mol. The molecule has 2 N–H and O–H groups in total. The van der Waals surface area contributed by atoms with Crippen molar-refractivity contribution in [1.82, 2.24) is 0 Å². The quantitative estimate of drug-likeness (QED) is 0.907. The molecule has 7 heteroatoms. The fourth-order valence-electron chi connectivity index (χ4n) is 1.25. The van der Waals surface area contributed by atoms with Crippen LogP contribution in [0.25, 0.3) is 0 Å². The Morgan fingerprint density at radius 1 is 1.38 bits per heavy atom. The summed E-state index contributed by atoms with van der Waals surface area (Å²) in [7, 11) is 1.19. The van der Waals surface area contributed by atoms with E-state index in [2.05, 4.69) is 15.9 Å². The Morgan fingerprint density at radius 2 is 1.94 bits per heavy atom. The number of rotatable bonds is 2. The highest BCUT2D eigenvalue weighted by Crippen LogP contribution is 2.39. The Balaban J connectivity index is 0.00000225. The standard InChI is InChI=1S/C9H9BrF3NO.ClH/c1-15-8-5(4-14)2-6(10)3-7(8)9(11,12)13;/h2-3H,4,14H2,1H3;1H. The molecule has 1 aromatic carbocycles. The average molecular weight is 321 g/mol. The van der Waals surface area contributed by atoms with Gasteiger partial charge in [0, 0.05) is 16.6 Å². The zero-order valence-electron chi connectivity index (χ0n) is 8.27. The van der Waals surface area contributed by atoms with Crippen molar-refractivity contribution in [3.8, 4) is 5.75 Å². The number of methoxy groups -OCH3 is 1. The second-order valence-corrected chi connectivity index (χ2v) is 3.76. The maximum absolute atomic E-state index is 12.6. The van der Waals surface area contributed by atoms with Crippen LogP contribution in [0, 0.1) is 0 Å². The first-order chi connectivity index (χ1) is 6.90. The van der Waals surface area contributed by atoms with E-state index in [1.807, 2.05) is 0 Å².